The molecule has 0 aliphatic carbocycles. The van der Waals surface area contributed by atoms with Gasteiger partial charge in [0, 0.05) is 18.5 Å². The van der Waals surface area contributed by atoms with Crippen molar-refractivity contribution >= 4 is 39.0 Å². The fraction of sp³-hybridized carbons (Fsp3) is 0.300. The van der Waals surface area contributed by atoms with Crippen LogP contribution >= 0.6 is 11.6 Å². The number of hydrogen-bond donors (Lipinski definition) is 0. The number of esters is 1. The molecule has 0 N–H and O–H groups in total. The summed E-state index contributed by atoms with van der Waals surface area (Å²) in [5.74, 6) is -0.442. The molecule has 0 atom stereocenters. The van der Waals surface area contributed by atoms with Gasteiger partial charge in [-0.25, -0.2) is 13.2 Å². The number of carbonyl (C=O) groups excluding carboxylic acids is 2. The molecule has 1 aliphatic heterocycles. The monoisotopic (exact) mass is 437 g/mol. The van der Waals surface area contributed by atoms with Crippen molar-refractivity contribution in [1.29, 1.82) is 0 Å². The Kier molecular flexibility index (Phi) is 6.14. The van der Waals surface area contributed by atoms with Crippen LogP contribution in [0.15, 0.2) is 41.3 Å². The molecule has 0 saturated carbocycles. The van der Waals surface area contributed by atoms with Crippen LogP contribution in [0, 0.1) is 0 Å². The van der Waals surface area contributed by atoms with Gasteiger partial charge in [-0.2, -0.15) is 0 Å². The van der Waals surface area contributed by atoms with Crippen LogP contribution in [0.2, 0.25) is 5.02 Å². The number of aryl methyl sites for hydroxylation is 1. The average Bonchev–Trinajstić information content (AvgIpc) is 2.70. The summed E-state index contributed by atoms with van der Waals surface area (Å²) in [4.78, 5) is 26.3. The van der Waals surface area contributed by atoms with Crippen LogP contribution in [0.25, 0.3) is 0 Å². The Hall–Kier alpha value is -2.58. The standard InChI is InChI=1S/C20H20ClNO6S/c1-27-15-6-8-17-13(10-15)4-3-9-22(17)19(23)12-28-20(24)14-5-7-16(21)18(11-14)29(2,25)26/h5-8,10-11H,3-4,9,12H2,1-2H3. The van der Waals surface area contributed by atoms with Crippen molar-refractivity contribution in [1.82, 2.24) is 0 Å². The molecule has 0 unspecified atom stereocenters. The van der Waals surface area contributed by atoms with Crippen molar-refractivity contribution in [3.8, 4) is 5.75 Å². The number of benzene rings is 2. The SMILES string of the molecule is COc1ccc2c(c1)CCCN2C(=O)COC(=O)c1ccc(Cl)c(S(C)(=O)=O)c1. The molecule has 7 nitrogen and oxygen atoms in total. The molecule has 9 heteroatoms. The third kappa shape index (κ3) is 4.71. The van der Waals surface area contributed by atoms with Crippen molar-refractivity contribution in [3.63, 3.8) is 0 Å². The van der Waals surface area contributed by atoms with Crippen LogP contribution in [-0.2, 0) is 25.8 Å². The molecule has 0 fully saturated rings. The summed E-state index contributed by atoms with van der Waals surface area (Å²) in [5.41, 5.74) is 1.76. The first-order chi connectivity index (χ1) is 13.7. The van der Waals surface area contributed by atoms with Gasteiger partial charge in [0.25, 0.3) is 5.91 Å². The highest BCUT2D eigenvalue weighted by atomic mass is 35.5. The van der Waals surface area contributed by atoms with E-state index in [1.54, 1.807) is 18.1 Å². The fourth-order valence-electron chi connectivity index (χ4n) is 3.16. The van der Waals surface area contributed by atoms with E-state index < -0.39 is 22.4 Å². The van der Waals surface area contributed by atoms with Gasteiger partial charge >= 0.3 is 5.97 Å². The van der Waals surface area contributed by atoms with E-state index in [1.165, 1.54) is 12.1 Å². The Morgan fingerprint density at radius 3 is 2.62 bits per heavy atom. The lowest BCUT2D eigenvalue weighted by atomic mass is 10.0. The molecule has 0 saturated heterocycles. The fourth-order valence-corrected chi connectivity index (χ4v) is 4.46. The summed E-state index contributed by atoms with van der Waals surface area (Å²) in [7, 11) is -2.02. The minimum absolute atomic E-state index is 0.00593. The summed E-state index contributed by atoms with van der Waals surface area (Å²) in [6.45, 7) is 0.0655. The Labute approximate surface area is 174 Å². The van der Waals surface area contributed by atoms with Crippen LogP contribution in [0.1, 0.15) is 22.3 Å². The smallest absolute Gasteiger partial charge is 0.338 e. The highest BCUT2D eigenvalue weighted by molar-refractivity contribution is 7.90. The van der Waals surface area contributed by atoms with Crippen molar-refractivity contribution in [3.05, 3.63) is 52.5 Å². The number of rotatable bonds is 5. The third-order valence-corrected chi connectivity index (χ3v) is 6.18. The molecule has 1 aliphatic rings. The minimum Gasteiger partial charge on any atom is -0.497 e. The van der Waals surface area contributed by atoms with Gasteiger partial charge in [-0.3, -0.25) is 4.79 Å². The Morgan fingerprint density at radius 2 is 1.93 bits per heavy atom. The number of nitrogens with zero attached hydrogens (tertiary/aromatic N) is 1. The highest BCUT2D eigenvalue weighted by Crippen LogP contribution is 2.30. The number of carbonyl (C=O) groups is 2. The quantitative estimate of drug-likeness (QED) is 0.668. The number of amides is 1. The van der Waals surface area contributed by atoms with E-state index in [0.29, 0.717) is 12.3 Å². The summed E-state index contributed by atoms with van der Waals surface area (Å²) in [6.07, 6.45) is 2.61. The van der Waals surface area contributed by atoms with E-state index in [2.05, 4.69) is 0 Å². The zero-order chi connectivity index (χ0) is 21.2. The van der Waals surface area contributed by atoms with Gasteiger partial charge in [0.2, 0.25) is 0 Å². The van der Waals surface area contributed by atoms with E-state index in [9.17, 15) is 18.0 Å². The maximum absolute atomic E-state index is 12.6. The van der Waals surface area contributed by atoms with E-state index in [4.69, 9.17) is 21.1 Å². The van der Waals surface area contributed by atoms with Crippen LogP contribution in [0.4, 0.5) is 5.69 Å². The van der Waals surface area contributed by atoms with Gasteiger partial charge in [-0.05, 0) is 54.8 Å². The van der Waals surface area contributed by atoms with Crippen LogP contribution < -0.4 is 9.64 Å². The summed E-state index contributed by atoms with van der Waals surface area (Å²) in [5, 5.41) is 0.0143. The number of hydrogen-bond acceptors (Lipinski definition) is 6. The predicted molar refractivity (Wildman–Crippen MR) is 109 cm³/mol. The molecule has 29 heavy (non-hydrogen) atoms. The van der Waals surface area contributed by atoms with E-state index >= 15 is 0 Å². The Bertz CT molecular complexity index is 1070. The topological polar surface area (TPSA) is 90.0 Å². The molecular weight excluding hydrogens is 418 g/mol. The molecule has 0 aromatic heterocycles. The lowest BCUT2D eigenvalue weighted by Gasteiger charge is -2.29. The zero-order valence-electron chi connectivity index (χ0n) is 16.0. The van der Waals surface area contributed by atoms with Gasteiger partial charge in [0.05, 0.1) is 22.6 Å². The van der Waals surface area contributed by atoms with E-state index in [-0.39, 0.29) is 21.4 Å². The number of anilines is 1. The van der Waals surface area contributed by atoms with Crippen molar-refractivity contribution in [2.24, 2.45) is 0 Å². The third-order valence-electron chi connectivity index (χ3n) is 4.60. The lowest BCUT2D eigenvalue weighted by Crippen LogP contribution is -2.38. The van der Waals surface area contributed by atoms with Gasteiger partial charge in [0.15, 0.2) is 16.4 Å². The highest BCUT2D eigenvalue weighted by Gasteiger charge is 2.24. The second-order valence-electron chi connectivity index (χ2n) is 6.64. The van der Waals surface area contributed by atoms with Crippen molar-refractivity contribution in [2.75, 3.05) is 31.4 Å². The van der Waals surface area contributed by atoms with Crippen molar-refractivity contribution in [2.45, 2.75) is 17.7 Å². The summed E-state index contributed by atoms with van der Waals surface area (Å²) < 4.78 is 33.9. The van der Waals surface area contributed by atoms with Gasteiger partial charge in [-0.1, -0.05) is 11.6 Å². The molecule has 1 amide bonds. The van der Waals surface area contributed by atoms with Crippen molar-refractivity contribution < 1.29 is 27.5 Å². The number of sulfone groups is 1. The van der Waals surface area contributed by atoms with E-state index in [0.717, 1.165) is 36.4 Å². The molecule has 0 bridgehead atoms. The van der Waals surface area contributed by atoms with Crippen LogP contribution in [0.5, 0.6) is 5.75 Å². The van der Waals surface area contributed by atoms with Gasteiger partial charge in [0.1, 0.15) is 5.75 Å². The molecular formula is C20H20ClNO6S. The first-order valence-corrected chi connectivity index (χ1v) is 11.1. The molecule has 2 aromatic rings. The summed E-state index contributed by atoms with van der Waals surface area (Å²) >= 11 is 5.88. The first-order valence-electron chi connectivity index (χ1n) is 8.84. The largest absolute Gasteiger partial charge is 0.497 e. The Balaban J connectivity index is 1.71. The zero-order valence-corrected chi connectivity index (χ0v) is 17.5. The van der Waals surface area contributed by atoms with Crippen LogP contribution in [-0.4, -0.2) is 46.8 Å². The molecule has 0 radical (unpaired) electrons. The normalized spacial score (nSPS) is 13.6. The second-order valence-corrected chi connectivity index (χ2v) is 9.03. The summed E-state index contributed by atoms with van der Waals surface area (Å²) in [6, 6.07) is 9.28. The molecule has 1 heterocycles. The number of fused-ring (bicyclic) bond motifs is 1. The van der Waals surface area contributed by atoms with Gasteiger partial charge in [-0.15, -0.1) is 0 Å². The average molecular weight is 438 g/mol. The molecule has 154 valence electrons. The maximum Gasteiger partial charge on any atom is 0.338 e. The lowest BCUT2D eigenvalue weighted by molar-refractivity contribution is -0.121. The maximum atomic E-state index is 12.6. The first kappa shape index (κ1) is 21.1. The van der Waals surface area contributed by atoms with Gasteiger partial charge < -0.3 is 14.4 Å². The predicted octanol–water partition coefficient (Wildman–Crippen LogP) is 2.89. The number of ether oxygens (including phenoxy) is 2. The Morgan fingerprint density at radius 1 is 1.17 bits per heavy atom. The second kappa shape index (κ2) is 8.42. The molecule has 3 rings (SSSR count). The molecule has 2 aromatic carbocycles. The number of halogens is 1. The van der Waals surface area contributed by atoms with Crippen LogP contribution in [0.3, 0.4) is 0 Å². The molecule has 0 spiro atoms. The minimum atomic E-state index is -3.60. The van der Waals surface area contributed by atoms with E-state index in [1.807, 2.05) is 12.1 Å². The number of methoxy groups -OCH3 is 1.